The summed E-state index contributed by atoms with van der Waals surface area (Å²) in [6, 6.07) is 5.89. The van der Waals surface area contributed by atoms with Crippen LogP contribution < -0.4 is 10.1 Å². The summed E-state index contributed by atoms with van der Waals surface area (Å²) in [5.41, 5.74) is 1.18. The van der Waals surface area contributed by atoms with E-state index in [1.165, 1.54) is 5.56 Å². The largest absolute Gasteiger partial charge is 0.495 e. The summed E-state index contributed by atoms with van der Waals surface area (Å²) in [6.07, 6.45) is 0. The second-order valence-corrected chi connectivity index (χ2v) is 4.58. The molecule has 0 atom stereocenters. The van der Waals surface area contributed by atoms with Gasteiger partial charge in [-0.1, -0.05) is 31.5 Å². The smallest absolute Gasteiger partial charge is 0.137 e. The summed E-state index contributed by atoms with van der Waals surface area (Å²) in [4.78, 5) is 2.40. The molecule has 0 unspecified atom stereocenters. The molecule has 0 spiro atoms. The molecule has 0 heterocycles. The van der Waals surface area contributed by atoms with Crippen molar-refractivity contribution in [3.63, 3.8) is 0 Å². The van der Waals surface area contributed by atoms with Crippen LogP contribution in [0, 0.1) is 0 Å². The van der Waals surface area contributed by atoms with Crippen LogP contribution in [0.4, 0.5) is 0 Å². The van der Waals surface area contributed by atoms with Gasteiger partial charge in [-0.15, -0.1) is 0 Å². The van der Waals surface area contributed by atoms with E-state index in [-0.39, 0.29) is 0 Å². The first-order valence-electron chi connectivity index (χ1n) is 6.46. The van der Waals surface area contributed by atoms with Crippen LogP contribution in [-0.2, 0) is 6.54 Å². The van der Waals surface area contributed by atoms with E-state index in [4.69, 9.17) is 16.3 Å². The lowest BCUT2D eigenvalue weighted by molar-refractivity contribution is 0.302. The monoisotopic (exact) mass is 270 g/mol. The Morgan fingerprint density at radius 2 is 2.00 bits per heavy atom. The summed E-state index contributed by atoms with van der Waals surface area (Å²) in [5.74, 6) is 0.726. The van der Waals surface area contributed by atoms with Crippen molar-refractivity contribution in [1.29, 1.82) is 0 Å². The first-order chi connectivity index (χ1) is 8.71. The van der Waals surface area contributed by atoms with Crippen LogP contribution in [0.3, 0.4) is 0 Å². The lowest BCUT2D eigenvalue weighted by Crippen LogP contribution is -2.31. The number of ether oxygens (including phenoxy) is 1. The predicted molar refractivity (Wildman–Crippen MR) is 77.5 cm³/mol. The molecule has 0 saturated heterocycles. The quantitative estimate of drug-likeness (QED) is 0.735. The molecule has 0 fully saturated rings. The summed E-state index contributed by atoms with van der Waals surface area (Å²) in [6.45, 7) is 9.49. The maximum Gasteiger partial charge on any atom is 0.137 e. The topological polar surface area (TPSA) is 24.5 Å². The van der Waals surface area contributed by atoms with E-state index in [1.807, 2.05) is 18.2 Å². The Morgan fingerprint density at radius 1 is 1.28 bits per heavy atom. The second-order valence-electron chi connectivity index (χ2n) is 4.17. The molecule has 0 radical (unpaired) electrons. The van der Waals surface area contributed by atoms with Crippen molar-refractivity contribution in [1.82, 2.24) is 10.2 Å². The van der Waals surface area contributed by atoms with Gasteiger partial charge in [0.25, 0.3) is 0 Å². The van der Waals surface area contributed by atoms with Gasteiger partial charge in [0.1, 0.15) is 5.75 Å². The Hall–Kier alpha value is -0.770. The van der Waals surface area contributed by atoms with Crippen molar-refractivity contribution < 1.29 is 4.74 Å². The molecule has 102 valence electrons. The first kappa shape index (κ1) is 15.3. The zero-order valence-corrected chi connectivity index (χ0v) is 12.3. The Kier molecular flexibility index (Phi) is 7.09. The van der Waals surface area contributed by atoms with E-state index >= 15 is 0 Å². The number of methoxy groups -OCH3 is 1. The SMILES string of the molecule is CCN(CC)CCNCc1ccc(OC)c(Cl)c1. The van der Waals surface area contributed by atoms with Gasteiger partial charge in [0.15, 0.2) is 0 Å². The molecule has 0 amide bonds. The third-order valence-electron chi connectivity index (χ3n) is 3.04. The van der Waals surface area contributed by atoms with Crippen LogP contribution in [0.2, 0.25) is 5.02 Å². The lowest BCUT2D eigenvalue weighted by Gasteiger charge is -2.18. The van der Waals surface area contributed by atoms with Crippen molar-refractivity contribution in [2.75, 3.05) is 33.3 Å². The average Bonchev–Trinajstić information content (AvgIpc) is 2.39. The van der Waals surface area contributed by atoms with Crippen molar-refractivity contribution in [2.24, 2.45) is 0 Å². The molecular weight excluding hydrogens is 248 g/mol. The molecule has 18 heavy (non-hydrogen) atoms. The Morgan fingerprint density at radius 3 is 2.56 bits per heavy atom. The van der Waals surface area contributed by atoms with E-state index in [1.54, 1.807) is 7.11 Å². The zero-order valence-electron chi connectivity index (χ0n) is 11.5. The van der Waals surface area contributed by atoms with Gasteiger partial charge in [-0.3, -0.25) is 0 Å². The van der Waals surface area contributed by atoms with Crippen molar-refractivity contribution in [3.8, 4) is 5.75 Å². The molecule has 0 aliphatic carbocycles. The third-order valence-corrected chi connectivity index (χ3v) is 3.34. The van der Waals surface area contributed by atoms with E-state index in [9.17, 15) is 0 Å². The normalized spacial score (nSPS) is 10.9. The van der Waals surface area contributed by atoms with Gasteiger partial charge >= 0.3 is 0 Å². The van der Waals surface area contributed by atoms with Gasteiger partial charge in [0, 0.05) is 19.6 Å². The van der Waals surface area contributed by atoms with Crippen LogP contribution in [0.5, 0.6) is 5.75 Å². The molecule has 1 aromatic rings. The lowest BCUT2D eigenvalue weighted by atomic mass is 10.2. The molecule has 0 aliphatic heterocycles. The molecule has 4 heteroatoms. The predicted octanol–water partition coefficient (Wildman–Crippen LogP) is 2.78. The highest BCUT2D eigenvalue weighted by Gasteiger charge is 2.02. The molecule has 0 aliphatic rings. The third kappa shape index (κ3) is 4.84. The van der Waals surface area contributed by atoms with Crippen LogP contribution in [-0.4, -0.2) is 38.2 Å². The van der Waals surface area contributed by atoms with E-state index in [0.717, 1.165) is 38.5 Å². The highest BCUT2D eigenvalue weighted by Crippen LogP contribution is 2.24. The number of nitrogens with zero attached hydrogens (tertiary/aromatic N) is 1. The van der Waals surface area contributed by atoms with Gasteiger partial charge in [0.05, 0.1) is 12.1 Å². The number of hydrogen-bond acceptors (Lipinski definition) is 3. The number of likely N-dealkylation sites (N-methyl/N-ethyl adjacent to an activating group) is 1. The Bertz CT molecular complexity index is 354. The summed E-state index contributed by atoms with van der Waals surface area (Å²) >= 11 is 6.08. The number of nitrogens with one attached hydrogen (secondary N) is 1. The Labute approximate surface area is 115 Å². The average molecular weight is 271 g/mol. The zero-order chi connectivity index (χ0) is 13.4. The van der Waals surface area contributed by atoms with E-state index in [2.05, 4.69) is 24.1 Å². The summed E-state index contributed by atoms with van der Waals surface area (Å²) in [7, 11) is 1.63. The standard InChI is InChI=1S/C14H23ClN2O/c1-4-17(5-2)9-8-16-11-12-6-7-14(18-3)13(15)10-12/h6-7,10,16H,4-5,8-9,11H2,1-3H3. The highest BCUT2D eigenvalue weighted by atomic mass is 35.5. The van der Waals surface area contributed by atoms with Crippen LogP contribution in [0.25, 0.3) is 0 Å². The number of hydrogen-bond donors (Lipinski definition) is 1. The molecule has 1 N–H and O–H groups in total. The van der Waals surface area contributed by atoms with E-state index in [0.29, 0.717) is 5.02 Å². The van der Waals surface area contributed by atoms with E-state index < -0.39 is 0 Å². The molecule has 3 nitrogen and oxygen atoms in total. The van der Waals surface area contributed by atoms with Crippen LogP contribution in [0.1, 0.15) is 19.4 Å². The summed E-state index contributed by atoms with van der Waals surface area (Å²) in [5, 5.41) is 4.09. The molecule has 1 rings (SSSR count). The number of rotatable bonds is 8. The first-order valence-corrected chi connectivity index (χ1v) is 6.84. The minimum Gasteiger partial charge on any atom is -0.495 e. The molecule has 1 aromatic carbocycles. The number of benzene rings is 1. The van der Waals surface area contributed by atoms with Gasteiger partial charge in [-0.25, -0.2) is 0 Å². The van der Waals surface area contributed by atoms with Gasteiger partial charge < -0.3 is 15.0 Å². The number of halogens is 1. The fraction of sp³-hybridized carbons (Fsp3) is 0.571. The fourth-order valence-electron chi connectivity index (χ4n) is 1.83. The van der Waals surface area contributed by atoms with Crippen molar-refractivity contribution in [2.45, 2.75) is 20.4 Å². The van der Waals surface area contributed by atoms with Gasteiger partial charge in [-0.05, 0) is 30.8 Å². The minimum atomic E-state index is 0.667. The van der Waals surface area contributed by atoms with Crippen LogP contribution >= 0.6 is 11.6 Å². The highest BCUT2D eigenvalue weighted by molar-refractivity contribution is 6.32. The maximum absolute atomic E-state index is 6.08. The minimum absolute atomic E-state index is 0.667. The molecule has 0 saturated carbocycles. The van der Waals surface area contributed by atoms with Crippen molar-refractivity contribution >= 4 is 11.6 Å². The maximum atomic E-state index is 6.08. The fourth-order valence-corrected chi connectivity index (χ4v) is 2.11. The second kappa shape index (κ2) is 8.35. The molecular formula is C14H23ClN2O. The van der Waals surface area contributed by atoms with Crippen LogP contribution in [0.15, 0.2) is 18.2 Å². The Balaban J connectivity index is 2.33. The molecule has 0 bridgehead atoms. The van der Waals surface area contributed by atoms with Crippen molar-refractivity contribution in [3.05, 3.63) is 28.8 Å². The van der Waals surface area contributed by atoms with Gasteiger partial charge in [0.2, 0.25) is 0 Å². The molecule has 0 aromatic heterocycles. The van der Waals surface area contributed by atoms with Gasteiger partial charge in [-0.2, -0.15) is 0 Å². The summed E-state index contributed by atoms with van der Waals surface area (Å²) < 4.78 is 5.13.